The molecule has 1 fully saturated rings. The first-order chi connectivity index (χ1) is 9.19. The van der Waals surface area contributed by atoms with Gasteiger partial charge in [0, 0.05) is 18.8 Å². The van der Waals surface area contributed by atoms with E-state index in [-0.39, 0.29) is 5.91 Å². The first kappa shape index (κ1) is 12.7. The molecular weight excluding hydrogens is 236 g/mol. The summed E-state index contributed by atoms with van der Waals surface area (Å²) in [5.41, 5.74) is 3.61. The minimum Gasteiger partial charge on any atom is -0.315 e. The second-order valence-corrected chi connectivity index (χ2v) is 5.81. The highest BCUT2D eigenvalue weighted by Crippen LogP contribution is 2.39. The zero-order valence-corrected chi connectivity index (χ0v) is 11.8. The fourth-order valence-corrected chi connectivity index (χ4v) is 2.98. The number of likely N-dealkylation sites (N-methyl/N-ethyl adjacent to an activating group) is 1. The maximum absolute atomic E-state index is 11.7. The van der Waals surface area contributed by atoms with Gasteiger partial charge in [-0.25, -0.2) is 0 Å². The molecule has 102 valence electrons. The molecule has 1 aliphatic heterocycles. The van der Waals surface area contributed by atoms with E-state index >= 15 is 0 Å². The monoisotopic (exact) mass is 258 g/mol. The molecule has 1 atom stereocenters. The molecule has 1 aromatic rings. The molecule has 1 N–H and O–H groups in total. The Morgan fingerprint density at radius 1 is 1.42 bits per heavy atom. The molecule has 1 aliphatic carbocycles. The zero-order valence-electron chi connectivity index (χ0n) is 11.8. The summed E-state index contributed by atoms with van der Waals surface area (Å²) in [6, 6.07) is 6.96. The van der Waals surface area contributed by atoms with Crippen LogP contribution in [0.3, 0.4) is 0 Å². The summed E-state index contributed by atoms with van der Waals surface area (Å²) in [4.78, 5) is 13.5. The number of anilines is 1. The van der Waals surface area contributed by atoms with Gasteiger partial charge < -0.3 is 10.2 Å². The van der Waals surface area contributed by atoms with Gasteiger partial charge in [0.1, 0.15) is 0 Å². The molecule has 0 bridgehead atoms. The van der Waals surface area contributed by atoms with E-state index in [0.717, 1.165) is 18.2 Å². The molecule has 0 spiro atoms. The van der Waals surface area contributed by atoms with Gasteiger partial charge in [0.15, 0.2) is 0 Å². The highest BCUT2D eigenvalue weighted by molar-refractivity contribution is 6.00. The highest BCUT2D eigenvalue weighted by Gasteiger charge is 2.28. The Bertz CT molecular complexity index is 494. The van der Waals surface area contributed by atoms with Crippen LogP contribution in [0.2, 0.25) is 0 Å². The topological polar surface area (TPSA) is 32.3 Å². The van der Waals surface area contributed by atoms with E-state index in [1.54, 1.807) is 4.90 Å². The number of rotatable bonds is 5. The van der Waals surface area contributed by atoms with Gasteiger partial charge in [-0.2, -0.15) is 0 Å². The van der Waals surface area contributed by atoms with Crippen LogP contribution in [0, 0.1) is 5.92 Å². The number of hydrogen-bond donors (Lipinski definition) is 1. The SMILES string of the molecule is CCNC(CC1CC1)c1ccc2c(c1)CC(=O)N2C. The van der Waals surface area contributed by atoms with Crippen molar-refractivity contribution in [2.45, 2.75) is 38.6 Å². The van der Waals surface area contributed by atoms with E-state index in [2.05, 4.69) is 30.4 Å². The minimum absolute atomic E-state index is 0.203. The number of carbonyl (C=O) groups excluding carboxylic acids is 1. The molecule has 3 heteroatoms. The predicted molar refractivity (Wildman–Crippen MR) is 77.3 cm³/mol. The lowest BCUT2D eigenvalue weighted by atomic mass is 9.98. The van der Waals surface area contributed by atoms with Crippen LogP contribution in [0.25, 0.3) is 0 Å². The van der Waals surface area contributed by atoms with Crippen molar-refractivity contribution >= 4 is 11.6 Å². The van der Waals surface area contributed by atoms with E-state index in [1.165, 1.54) is 30.4 Å². The van der Waals surface area contributed by atoms with Crippen molar-refractivity contribution in [3.63, 3.8) is 0 Å². The Hall–Kier alpha value is -1.35. The number of carbonyl (C=O) groups is 1. The van der Waals surface area contributed by atoms with E-state index < -0.39 is 0 Å². The number of hydrogen-bond acceptors (Lipinski definition) is 2. The summed E-state index contributed by atoms with van der Waals surface area (Å²) in [5.74, 6) is 1.11. The quantitative estimate of drug-likeness (QED) is 0.880. The number of nitrogens with zero attached hydrogens (tertiary/aromatic N) is 1. The Morgan fingerprint density at radius 2 is 2.21 bits per heavy atom. The molecule has 0 saturated heterocycles. The van der Waals surface area contributed by atoms with Gasteiger partial charge in [0.05, 0.1) is 6.42 Å². The van der Waals surface area contributed by atoms with Gasteiger partial charge in [-0.15, -0.1) is 0 Å². The van der Waals surface area contributed by atoms with Crippen molar-refractivity contribution in [1.82, 2.24) is 5.32 Å². The zero-order chi connectivity index (χ0) is 13.4. The second kappa shape index (κ2) is 4.97. The number of benzene rings is 1. The van der Waals surface area contributed by atoms with E-state index in [0.29, 0.717) is 12.5 Å². The third-order valence-corrected chi connectivity index (χ3v) is 4.30. The van der Waals surface area contributed by atoms with Crippen LogP contribution < -0.4 is 10.2 Å². The van der Waals surface area contributed by atoms with Crippen LogP contribution in [0.4, 0.5) is 5.69 Å². The Kier molecular flexibility index (Phi) is 3.31. The average molecular weight is 258 g/mol. The summed E-state index contributed by atoms with van der Waals surface area (Å²) in [6.45, 7) is 3.15. The molecule has 1 heterocycles. The van der Waals surface area contributed by atoms with Crippen molar-refractivity contribution in [3.05, 3.63) is 29.3 Å². The number of amides is 1. The predicted octanol–water partition coefficient (Wildman–Crippen LogP) is 2.66. The summed E-state index contributed by atoms with van der Waals surface area (Å²) >= 11 is 0. The fraction of sp³-hybridized carbons (Fsp3) is 0.562. The number of fused-ring (bicyclic) bond motifs is 1. The first-order valence-corrected chi connectivity index (χ1v) is 7.31. The van der Waals surface area contributed by atoms with Crippen LogP contribution in [0.15, 0.2) is 18.2 Å². The molecule has 1 amide bonds. The van der Waals surface area contributed by atoms with Crippen LogP contribution in [0.5, 0.6) is 0 Å². The molecule has 0 aromatic heterocycles. The molecule has 1 saturated carbocycles. The maximum atomic E-state index is 11.7. The summed E-state index contributed by atoms with van der Waals surface area (Å²) < 4.78 is 0. The molecular formula is C16H22N2O. The number of nitrogens with one attached hydrogen (secondary N) is 1. The third-order valence-electron chi connectivity index (χ3n) is 4.30. The van der Waals surface area contributed by atoms with Crippen LogP contribution >= 0.6 is 0 Å². The van der Waals surface area contributed by atoms with Crippen LogP contribution in [-0.2, 0) is 11.2 Å². The highest BCUT2D eigenvalue weighted by atomic mass is 16.2. The second-order valence-electron chi connectivity index (χ2n) is 5.81. The van der Waals surface area contributed by atoms with E-state index in [1.807, 2.05) is 7.05 Å². The lowest BCUT2D eigenvalue weighted by Crippen LogP contribution is -2.21. The van der Waals surface area contributed by atoms with Gasteiger partial charge in [0.2, 0.25) is 5.91 Å². The third kappa shape index (κ3) is 2.52. The molecule has 2 aliphatic rings. The lowest BCUT2D eigenvalue weighted by Gasteiger charge is -2.19. The van der Waals surface area contributed by atoms with Gasteiger partial charge >= 0.3 is 0 Å². The van der Waals surface area contributed by atoms with Gasteiger partial charge in [-0.1, -0.05) is 31.9 Å². The Balaban J connectivity index is 1.83. The van der Waals surface area contributed by atoms with Crippen molar-refractivity contribution in [1.29, 1.82) is 0 Å². The van der Waals surface area contributed by atoms with Gasteiger partial charge in [-0.3, -0.25) is 4.79 Å². The van der Waals surface area contributed by atoms with Crippen molar-refractivity contribution < 1.29 is 4.79 Å². The van der Waals surface area contributed by atoms with Gasteiger partial charge in [-0.05, 0) is 36.1 Å². The fourth-order valence-electron chi connectivity index (χ4n) is 2.98. The summed E-state index contributed by atoms with van der Waals surface area (Å²) in [6.07, 6.45) is 4.56. The first-order valence-electron chi connectivity index (χ1n) is 7.31. The van der Waals surface area contributed by atoms with Crippen molar-refractivity contribution in [2.75, 3.05) is 18.5 Å². The van der Waals surface area contributed by atoms with Gasteiger partial charge in [0.25, 0.3) is 0 Å². The smallest absolute Gasteiger partial charge is 0.231 e. The van der Waals surface area contributed by atoms with E-state index in [9.17, 15) is 4.79 Å². The van der Waals surface area contributed by atoms with Crippen molar-refractivity contribution in [3.8, 4) is 0 Å². The van der Waals surface area contributed by atoms with Crippen molar-refractivity contribution in [2.24, 2.45) is 5.92 Å². The average Bonchev–Trinajstić information content (AvgIpc) is 3.16. The largest absolute Gasteiger partial charge is 0.315 e. The molecule has 3 nitrogen and oxygen atoms in total. The Labute approximate surface area is 115 Å². The standard InChI is InChI=1S/C16H22N2O/c1-3-17-14(8-11-4-5-11)12-6-7-15-13(9-12)10-16(19)18(15)2/h6-7,9,11,14,17H,3-5,8,10H2,1-2H3. The molecule has 0 radical (unpaired) electrons. The molecule has 3 rings (SSSR count). The normalized spacial score (nSPS) is 19.7. The summed E-state index contributed by atoms with van der Waals surface area (Å²) in [5, 5.41) is 3.59. The lowest BCUT2D eigenvalue weighted by molar-refractivity contribution is -0.117. The Morgan fingerprint density at radius 3 is 2.89 bits per heavy atom. The maximum Gasteiger partial charge on any atom is 0.231 e. The minimum atomic E-state index is 0.203. The molecule has 1 unspecified atom stereocenters. The van der Waals surface area contributed by atoms with E-state index in [4.69, 9.17) is 0 Å². The van der Waals surface area contributed by atoms with Crippen LogP contribution in [0.1, 0.15) is 43.4 Å². The molecule has 19 heavy (non-hydrogen) atoms. The van der Waals surface area contributed by atoms with Crippen LogP contribution in [-0.4, -0.2) is 19.5 Å². The molecule has 1 aromatic carbocycles. The summed E-state index contributed by atoms with van der Waals surface area (Å²) in [7, 11) is 1.86.